The summed E-state index contributed by atoms with van der Waals surface area (Å²) in [6.07, 6.45) is 0. The number of rotatable bonds is 5. The Morgan fingerprint density at radius 2 is 1.68 bits per heavy atom. The number of halogens is 1. The summed E-state index contributed by atoms with van der Waals surface area (Å²) in [5.41, 5.74) is 1.76. The van der Waals surface area contributed by atoms with Crippen LogP contribution >= 0.6 is 11.6 Å². The predicted octanol–water partition coefficient (Wildman–Crippen LogP) is 4.31. The molecule has 1 N–H and O–H groups in total. The molecule has 150 valence electrons. The van der Waals surface area contributed by atoms with E-state index in [4.69, 9.17) is 11.6 Å². The number of carbonyl (C=O) groups is 1. The van der Waals surface area contributed by atoms with Crippen molar-refractivity contribution in [1.29, 1.82) is 0 Å². The largest absolute Gasteiger partial charge is 0.351 e. The number of fused-ring (bicyclic) bond motifs is 3. The molecule has 2 aromatic carbocycles. The molecular weight excluding hydrogens is 396 g/mol. The van der Waals surface area contributed by atoms with Gasteiger partial charge in [-0.05, 0) is 36.1 Å². The van der Waals surface area contributed by atoms with Gasteiger partial charge in [0.1, 0.15) is 6.54 Å². The highest BCUT2D eigenvalue weighted by Crippen LogP contribution is 2.43. The Labute approximate surface area is 171 Å². The van der Waals surface area contributed by atoms with E-state index in [1.165, 1.54) is 4.31 Å². The molecule has 1 aliphatic rings. The molecule has 1 amide bonds. The lowest BCUT2D eigenvalue weighted by Gasteiger charge is -2.33. The molecule has 0 bridgehead atoms. The van der Waals surface area contributed by atoms with Crippen molar-refractivity contribution in [1.82, 2.24) is 5.32 Å². The Kier molecular flexibility index (Phi) is 5.73. The van der Waals surface area contributed by atoms with Crippen LogP contribution in [0.1, 0.15) is 27.7 Å². The maximum absolute atomic E-state index is 13.3. The smallest absolute Gasteiger partial charge is 0.265 e. The van der Waals surface area contributed by atoms with Gasteiger partial charge in [-0.25, -0.2) is 8.42 Å². The van der Waals surface area contributed by atoms with Crippen LogP contribution in [-0.2, 0) is 14.8 Å². The highest BCUT2D eigenvalue weighted by molar-refractivity contribution is 7.93. The van der Waals surface area contributed by atoms with E-state index in [9.17, 15) is 13.2 Å². The number of benzene rings is 2. The van der Waals surface area contributed by atoms with E-state index in [1.54, 1.807) is 42.5 Å². The third-order valence-electron chi connectivity index (χ3n) is 5.02. The van der Waals surface area contributed by atoms with Crippen molar-refractivity contribution in [2.45, 2.75) is 38.6 Å². The maximum Gasteiger partial charge on any atom is 0.265 e. The summed E-state index contributed by atoms with van der Waals surface area (Å²) in [4.78, 5) is 12.9. The molecule has 1 heterocycles. The second-order valence-corrected chi connectivity index (χ2v) is 10.0. The van der Waals surface area contributed by atoms with Crippen LogP contribution in [0.25, 0.3) is 11.1 Å². The van der Waals surface area contributed by atoms with Crippen LogP contribution in [0.3, 0.4) is 0 Å². The van der Waals surface area contributed by atoms with Gasteiger partial charge in [0.05, 0.1) is 10.6 Å². The topological polar surface area (TPSA) is 66.5 Å². The SMILES string of the molecule is CC(C)C(NC(=O)CN1c2ccc(Cl)cc2-c2ccccc2S1(=O)=O)C(C)C. The zero-order valence-corrected chi connectivity index (χ0v) is 18.0. The Morgan fingerprint density at radius 3 is 2.32 bits per heavy atom. The van der Waals surface area contributed by atoms with Crippen molar-refractivity contribution in [2.24, 2.45) is 11.8 Å². The van der Waals surface area contributed by atoms with Crippen molar-refractivity contribution in [3.63, 3.8) is 0 Å². The van der Waals surface area contributed by atoms with E-state index >= 15 is 0 Å². The summed E-state index contributed by atoms with van der Waals surface area (Å²) < 4.78 is 27.7. The second-order valence-electron chi connectivity index (χ2n) is 7.75. The first-order valence-corrected chi connectivity index (χ1v) is 11.2. The van der Waals surface area contributed by atoms with Crippen LogP contribution in [0.15, 0.2) is 47.4 Å². The van der Waals surface area contributed by atoms with Gasteiger partial charge in [0.2, 0.25) is 5.91 Å². The second kappa shape index (κ2) is 7.76. The first kappa shape index (κ1) is 20.7. The molecule has 0 aliphatic carbocycles. The first-order chi connectivity index (χ1) is 13.1. The number of nitrogens with zero attached hydrogens (tertiary/aromatic N) is 1. The third kappa shape index (κ3) is 3.76. The first-order valence-electron chi connectivity index (χ1n) is 9.34. The van der Waals surface area contributed by atoms with Gasteiger partial charge in [0, 0.05) is 22.2 Å². The molecule has 0 saturated carbocycles. The molecule has 0 saturated heterocycles. The van der Waals surface area contributed by atoms with E-state index in [2.05, 4.69) is 5.32 Å². The fraction of sp³-hybridized carbons (Fsp3) is 0.381. The minimum Gasteiger partial charge on any atom is -0.351 e. The molecule has 0 atom stereocenters. The van der Waals surface area contributed by atoms with Crippen molar-refractivity contribution in [3.05, 3.63) is 47.5 Å². The molecule has 0 radical (unpaired) electrons. The van der Waals surface area contributed by atoms with Crippen LogP contribution in [0, 0.1) is 11.8 Å². The summed E-state index contributed by atoms with van der Waals surface area (Å²) >= 11 is 6.16. The van der Waals surface area contributed by atoms with Gasteiger partial charge in [-0.1, -0.05) is 57.5 Å². The molecule has 7 heteroatoms. The van der Waals surface area contributed by atoms with E-state index in [-0.39, 0.29) is 35.2 Å². The number of carbonyl (C=O) groups excluding carboxylic acids is 1. The number of amides is 1. The maximum atomic E-state index is 13.3. The molecule has 3 rings (SSSR count). The number of sulfonamides is 1. The average Bonchev–Trinajstić information content (AvgIpc) is 2.63. The van der Waals surface area contributed by atoms with Gasteiger partial charge in [0.15, 0.2) is 0 Å². The zero-order chi connectivity index (χ0) is 20.6. The van der Waals surface area contributed by atoms with Crippen LogP contribution < -0.4 is 9.62 Å². The van der Waals surface area contributed by atoms with Crippen LogP contribution in [0.2, 0.25) is 5.02 Å². The van der Waals surface area contributed by atoms with Crippen LogP contribution in [-0.4, -0.2) is 26.9 Å². The number of anilines is 1. The van der Waals surface area contributed by atoms with E-state index in [0.29, 0.717) is 21.8 Å². The summed E-state index contributed by atoms with van der Waals surface area (Å²) in [6.45, 7) is 7.87. The van der Waals surface area contributed by atoms with E-state index < -0.39 is 10.0 Å². The van der Waals surface area contributed by atoms with Crippen LogP contribution in [0.4, 0.5) is 5.69 Å². The molecule has 0 aromatic heterocycles. The van der Waals surface area contributed by atoms with Crippen molar-refractivity contribution in [3.8, 4) is 11.1 Å². The molecule has 2 aromatic rings. The minimum atomic E-state index is -3.85. The lowest BCUT2D eigenvalue weighted by atomic mass is 9.93. The summed E-state index contributed by atoms with van der Waals surface area (Å²) in [5, 5.41) is 3.51. The number of hydrogen-bond acceptors (Lipinski definition) is 3. The van der Waals surface area contributed by atoms with E-state index in [0.717, 1.165) is 0 Å². The normalized spacial score (nSPS) is 14.9. The van der Waals surface area contributed by atoms with Gasteiger partial charge >= 0.3 is 0 Å². The highest BCUT2D eigenvalue weighted by atomic mass is 35.5. The van der Waals surface area contributed by atoms with Gasteiger partial charge in [-0.15, -0.1) is 0 Å². The molecule has 0 unspecified atom stereocenters. The van der Waals surface area contributed by atoms with Crippen molar-refractivity contribution in [2.75, 3.05) is 10.8 Å². The van der Waals surface area contributed by atoms with Crippen LogP contribution in [0.5, 0.6) is 0 Å². The molecule has 0 fully saturated rings. The molecule has 28 heavy (non-hydrogen) atoms. The Bertz CT molecular complexity index is 994. The predicted molar refractivity (Wildman–Crippen MR) is 113 cm³/mol. The minimum absolute atomic E-state index is 0.0306. The lowest BCUT2D eigenvalue weighted by molar-refractivity contribution is -0.121. The quantitative estimate of drug-likeness (QED) is 0.783. The molecule has 5 nitrogen and oxygen atoms in total. The van der Waals surface area contributed by atoms with Gasteiger partial charge in [0.25, 0.3) is 10.0 Å². The molecule has 1 aliphatic heterocycles. The Morgan fingerprint density at radius 1 is 1.04 bits per heavy atom. The molecular formula is C21H25ClN2O3S. The van der Waals surface area contributed by atoms with Gasteiger partial charge in [-0.3, -0.25) is 9.10 Å². The number of hydrogen-bond donors (Lipinski definition) is 1. The third-order valence-corrected chi connectivity index (χ3v) is 7.08. The Balaban J connectivity index is 2.01. The average molecular weight is 421 g/mol. The van der Waals surface area contributed by atoms with Gasteiger partial charge in [-0.2, -0.15) is 0 Å². The standard InChI is InChI=1S/C21H25ClN2O3S/c1-13(2)21(14(3)4)23-20(25)12-24-18-10-9-15(22)11-17(18)16-7-5-6-8-19(16)28(24,26)27/h5-11,13-14,21H,12H2,1-4H3,(H,23,25). The summed E-state index contributed by atoms with van der Waals surface area (Å²) in [5.74, 6) is 0.165. The van der Waals surface area contributed by atoms with Crippen molar-refractivity contribution < 1.29 is 13.2 Å². The molecule has 0 spiro atoms. The fourth-order valence-electron chi connectivity index (χ4n) is 3.74. The monoisotopic (exact) mass is 420 g/mol. The lowest BCUT2D eigenvalue weighted by Crippen LogP contribution is -2.48. The highest BCUT2D eigenvalue weighted by Gasteiger charge is 2.36. The summed E-state index contributed by atoms with van der Waals surface area (Å²) in [6, 6.07) is 11.8. The Hall–Kier alpha value is -2.05. The zero-order valence-electron chi connectivity index (χ0n) is 16.4. The fourth-order valence-corrected chi connectivity index (χ4v) is 5.56. The van der Waals surface area contributed by atoms with E-state index in [1.807, 2.05) is 27.7 Å². The summed E-state index contributed by atoms with van der Waals surface area (Å²) in [7, 11) is -3.85. The van der Waals surface area contributed by atoms with Crippen molar-refractivity contribution >= 4 is 33.2 Å². The van der Waals surface area contributed by atoms with Gasteiger partial charge < -0.3 is 5.32 Å². The number of nitrogens with one attached hydrogen (secondary N) is 1.